The van der Waals surface area contributed by atoms with E-state index in [1.807, 2.05) is 0 Å². The van der Waals surface area contributed by atoms with Crippen molar-refractivity contribution in [3.63, 3.8) is 0 Å². The van der Waals surface area contributed by atoms with E-state index in [1.165, 1.54) is 0 Å². The Balaban J connectivity index is 1.68. The molecular weight excluding hydrogens is 311 g/mol. The highest BCUT2D eigenvalue weighted by Gasteiger charge is 2.38. The minimum absolute atomic E-state index is 0.207. The van der Waals surface area contributed by atoms with E-state index in [0.29, 0.717) is 6.54 Å². The van der Waals surface area contributed by atoms with Gasteiger partial charge in [-0.05, 0) is 42.7 Å². The van der Waals surface area contributed by atoms with E-state index in [4.69, 9.17) is 0 Å². The van der Waals surface area contributed by atoms with Gasteiger partial charge in [0.1, 0.15) is 6.54 Å². The molecule has 0 unspecified atom stereocenters. The van der Waals surface area contributed by atoms with Crippen LogP contribution in [0, 0.1) is 5.92 Å². The van der Waals surface area contributed by atoms with Crippen molar-refractivity contribution in [2.75, 3.05) is 6.54 Å². The van der Waals surface area contributed by atoms with E-state index in [-0.39, 0.29) is 23.9 Å². The maximum absolute atomic E-state index is 12.6. The number of aromatic nitrogens is 4. The number of nitrogens with zero attached hydrogens (tertiary/aromatic N) is 5. The minimum Gasteiger partial charge on any atom is -0.393 e. The normalized spacial score (nSPS) is 30.0. The van der Waals surface area contributed by atoms with Crippen molar-refractivity contribution >= 4 is 0 Å². The zero-order valence-electron chi connectivity index (χ0n) is 12.9. The van der Waals surface area contributed by atoms with Crippen molar-refractivity contribution in [1.29, 1.82) is 0 Å². The fraction of sp³-hybridized carbons (Fsp3) is 0.929. The molecule has 6 nitrogen and oxygen atoms in total. The van der Waals surface area contributed by atoms with Gasteiger partial charge in [0.15, 0.2) is 5.82 Å². The number of hydrogen-bond donors (Lipinski definition) is 1. The average Bonchev–Trinajstić information content (AvgIpc) is 3.09. The number of rotatable bonds is 4. The highest BCUT2D eigenvalue weighted by atomic mass is 19.4. The van der Waals surface area contributed by atoms with Crippen molar-refractivity contribution in [2.24, 2.45) is 5.92 Å². The lowest BCUT2D eigenvalue weighted by Gasteiger charge is -2.37. The maximum Gasteiger partial charge on any atom is 0.408 e. The Morgan fingerprint density at radius 2 is 1.91 bits per heavy atom. The average molecular weight is 333 g/mol. The van der Waals surface area contributed by atoms with E-state index < -0.39 is 12.7 Å². The van der Waals surface area contributed by atoms with E-state index in [2.05, 4.69) is 20.4 Å². The highest BCUT2D eigenvalue weighted by molar-refractivity contribution is 4.93. The Labute approximate surface area is 132 Å². The summed E-state index contributed by atoms with van der Waals surface area (Å²) < 4.78 is 38.5. The summed E-state index contributed by atoms with van der Waals surface area (Å²) >= 11 is 0. The molecule has 9 heteroatoms. The van der Waals surface area contributed by atoms with E-state index in [1.54, 1.807) is 0 Å². The molecule has 0 spiro atoms. The van der Waals surface area contributed by atoms with Crippen molar-refractivity contribution in [3.8, 4) is 0 Å². The van der Waals surface area contributed by atoms with Crippen molar-refractivity contribution in [1.82, 2.24) is 25.1 Å². The monoisotopic (exact) mass is 333 g/mol. The van der Waals surface area contributed by atoms with Gasteiger partial charge >= 0.3 is 6.18 Å². The van der Waals surface area contributed by atoms with Gasteiger partial charge in [-0.2, -0.15) is 13.2 Å². The molecule has 1 aliphatic carbocycles. The third kappa shape index (κ3) is 4.00. The molecule has 0 radical (unpaired) electrons. The van der Waals surface area contributed by atoms with Gasteiger partial charge in [0.2, 0.25) is 0 Å². The number of aliphatic hydroxyl groups excluding tert-OH is 1. The van der Waals surface area contributed by atoms with Crippen LogP contribution in [0.2, 0.25) is 0 Å². The molecule has 2 aliphatic rings. The lowest BCUT2D eigenvalue weighted by Crippen LogP contribution is -2.42. The van der Waals surface area contributed by atoms with Gasteiger partial charge in [-0.1, -0.05) is 12.8 Å². The minimum atomic E-state index is -4.34. The largest absolute Gasteiger partial charge is 0.408 e. The lowest BCUT2D eigenvalue weighted by atomic mass is 9.80. The molecule has 1 saturated carbocycles. The van der Waals surface area contributed by atoms with Crippen LogP contribution in [0.1, 0.15) is 44.3 Å². The molecule has 2 heterocycles. The van der Waals surface area contributed by atoms with Gasteiger partial charge < -0.3 is 5.11 Å². The van der Waals surface area contributed by atoms with Crippen LogP contribution in [-0.4, -0.2) is 55.1 Å². The summed E-state index contributed by atoms with van der Waals surface area (Å²) in [5.74, 6) is 0.442. The SMILES string of the molecule is O[C@@H]1CCCC[C@H]1[C@@H]1CCCN1Cc1nnnn1CC(F)(F)F. The van der Waals surface area contributed by atoms with Gasteiger partial charge in [-0.25, -0.2) is 4.68 Å². The van der Waals surface area contributed by atoms with Crippen LogP contribution in [0.25, 0.3) is 0 Å². The molecule has 3 atom stereocenters. The first-order chi connectivity index (χ1) is 10.9. The molecule has 1 N–H and O–H groups in total. The summed E-state index contributed by atoms with van der Waals surface area (Å²) in [4.78, 5) is 2.14. The van der Waals surface area contributed by atoms with Crippen molar-refractivity contribution in [2.45, 2.75) is 69.9 Å². The lowest BCUT2D eigenvalue weighted by molar-refractivity contribution is -0.143. The molecule has 130 valence electrons. The molecular formula is C14H22F3N5O. The molecule has 1 aromatic heterocycles. The van der Waals surface area contributed by atoms with E-state index in [9.17, 15) is 18.3 Å². The summed E-state index contributed by atoms with van der Waals surface area (Å²) in [6, 6.07) is 0.210. The second-order valence-corrected chi connectivity index (χ2v) is 6.56. The second-order valence-electron chi connectivity index (χ2n) is 6.56. The molecule has 1 saturated heterocycles. The van der Waals surface area contributed by atoms with Crippen LogP contribution in [0.3, 0.4) is 0 Å². The smallest absolute Gasteiger partial charge is 0.393 e. The second kappa shape index (κ2) is 6.72. The Bertz CT molecular complexity index is 521. The third-order valence-corrected chi connectivity index (χ3v) is 4.97. The Hall–Kier alpha value is -1.22. The van der Waals surface area contributed by atoms with E-state index >= 15 is 0 Å². The molecule has 0 bridgehead atoms. The third-order valence-electron chi connectivity index (χ3n) is 4.97. The quantitative estimate of drug-likeness (QED) is 0.909. The van der Waals surface area contributed by atoms with Crippen molar-refractivity contribution < 1.29 is 18.3 Å². The molecule has 3 rings (SSSR count). The van der Waals surface area contributed by atoms with Crippen LogP contribution < -0.4 is 0 Å². The number of alkyl halides is 3. The summed E-state index contributed by atoms with van der Waals surface area (Å²) in [5, 5.41) is 20.9. The zero-order chi connectivity index (χ0) is 16.4. The first-order valence-electron chi connectivity index (χ1n) is 8.18. The van der Waals surface area contributed by atoms with Gasteiger partial charge in [0.05, 0.1) is 12.6 Å². The van der Waals surface area contributed by atoms with E-state index in [0.717, 1.165) is 49.8 Å². The number of aliphatic hydroxyl groups is 1. The number of halogens is 3. The van der Waals surface area contributed by atoms with Gasteiger partial charge in [0.25, 0.3) is 0 Å². The van der Waals surface area contributed by atoms with Crippen LogP contribution in [0.4, 0.5) is 13.2 Å². The summed E-state index contributed by atoms with van der Waals surface area (Å²) in [6.45, 7) is -0.0520. The Kier molecular flexibility index (Phi) is 4.86. The summed E-state index contributed by atoms with van der Waals surface area (Å²) in [6.07, 6.45) is 1.29. The molecule has 1 aromatic rings. The van der Waals surface area contributed by atoms with Crippen LogP contribution in [-0.2, 0) is 13.1 Å². The zero-order valence-corrected chi connectivity index (χ0v) is 12.9. The maximum atomic E-state index is 12.6. The Morgan fingerprint density at radius 3 is 2.65 bits per heavy atom. The first-order valence-corrected chi connectivity index (χ1v) is 8.18. The fourth-order valence-electron chi connectivity index (χ4n) is 3.93. The predicted octanol–water partition coefficient (Wildman–Crippen LogP) is 1.75. The molecule has 1 aliphatic heterocycles. The number of tetrazole rings is 1. The summed E-state index contributed by atoms with van der Waals surface area (Å²) in [5.41, 5.74) is 0. The van der Waals surface area contributed by atoms with Crippen LogP contribution >= 0.6 is 0 Å². The Morgan fingerprint density at radius 1 is 1.13 bits per heavy atom. The standard InChI is InChI=1S/C14H22F3N5O/c15-14(16,17)9-22-13(18-19-20-22)8-21-7-3-5-11(21)10-4-1-2-6-12(10)23/h10-12,23H,1-9H2/t10-,11-,12+/m0/s1. The predicted molar refractivity (Wildman–Crippen MR) is 75.3 cm³/mol. The van der Waals surface area contributed by atoms with Gasteiger partial charge in [-0.3, -0.25) is 4.90 Å². The van der Waals surface area contributed by atoms with Crippen molar-refractivity contribution in [3.05, 3.63) is 5.82 Å². The number of likely N-dealkylation sites (tertiary alicyclic amines) is 1. The first kappa shape index (κ1) is 16.6. The highest BCUT2D eigenvalue weighted by Crippen LogP contribution is 2.35. The van der Waals surface area contributed by atoms with Crippen LogP contribution in [0.5, 0.6) is 0 Å². The fourth-order valence-corrected chi connectivity index (χ4v) is 3.93. The number of hydrogen-bond acceptors (Lipinski definition) is 5. The molecule has 2 fully saturated rings. The molecule has 0 amide bonds. The van der Waals surface area contributed by atoms with Gasteiger partial charge in [0, 0.05) is 12.0 Å². The molecule has 23 heavy (non-hydrogen) atoms. The topological polar surface area (TPSA) is 67.1 Å². The molecule has 0 aromatic carbocycles. The summed E-state index contributed by atoms with van der Waals surface area (Å²) in [7, 11) is 0. The van der Waals surface area contributed by atoms with Gasteiger partial charge in [-0.15, -0.1) is 5.10 Å². The van der Waals surface area contributed by atoms with Crippen LogP contribution in [0.15, 0.2) is 0 Å².